The second-order valence-electron chi connectivity index (χ2n) is 4.66. The van der Waals surface area contributed by atoms with Crippen LogP contribution in [0.4, 0.5) is 5.69 Å². The lowest BCUT2D eigenvalue weighted by Crippen LogP contribution is -2.03. The topological polar surface area (TPSA) is 83.1 Å². The van der Waals surface area contributed by atoms with Crippen molar-refractivity contribution in [3.05, 3.63) is 57.5 Å². The second-order valence-corrected chi connectivity index (χ2v) is 5.09. The average Bonchev–Trinajstić information content (AvgIpc) is 2.87. The van der Waals surface area contributed by atoms with Crippen molar-refractivity contribution in [1.29, 1.82) is 0 Å². The summed E-state index contributed by atoms with van der Waals surface area (Å²) in [6.07, 6.45) is 3.23. The van der Waals surface area contributed by atoms with Gasteiger partial charge in [0.15, 0.2) is 0 Å². The molecule has 0 saturated carbocycles. The number of aromatic nitrogens is 3. The third-order valence-electron chi connectivity index (χ3n) is 3.19. The lowest BCUT2D eigenvalue weighted by atomic mass is 10.2. The molecule has 112 valence electrons. The summed E-state index contributed by atoms with van der Waals surface area (Å²) in [7, 11) is 1.83. The van der Waals surface area contributed by atoms with Crippen molar-refractivity contribution in [1.82, 2.24) is 14.5 Å². The minimum Gasteiger partial charge on any atom is -0.471 e. The first kappa shape index (κ1) is 14.3. The second kappa shape index (κ2) is 5.61. The van der Waals surface area contributed by atoms with Crippen LogP contribution in [0.3, 0.4) is 0 Å². The van der Waals surface area contributed by atoms with E-state index in [0.717, 1.165) is 11.0 Å². The fraction of sp³-hybridized carbons (Fsp3) is 0.143. The number of hydrogen-bond acceptors (Lipinski definition) is 5. The zero-order valence-corrected chi connectivity index (χ0v) is 12.3. The summed E-state index contributed by atoms with van der Waals surface area (Å²) >= 11 is 5.90. The van der Waals surface area contributed by atoms with E-state index in [0.29, 0.717) is 16.5 Å². The van der Waals surface area contributed by atoms with Gasteiger partial charge >= 0.3 is 0 Å². The first-order valence-corrected chi connectivity index (χ1v) is 6.75. The maximum Gasteiger partial charge on any atom is 0.276 e. The first-order valence-electron chi connectivity index (χ1n) is 6.38. The molecule has 0 spiro atoms. The van der Waals surface area contributed by atoms with Gasteiger partial charge in [0.1, 0.15) is 12.1 Å². The SMILES string of the molecule is Cn1cnc2ccnc(OCc3cc(Cl)ccc3[N+](=O)[O-])c21. The molecule has 22 heavy (non-hydrogen) atoms. The normalized spacial score (nSPS) is 10.8. The highest BCUT2D eigenvalue weighted by molar-refractivity contribution is 6.30. The number of hydrogen-bond donors (Lipinski definition) is 0. The van der Waals surface area contributed by atoms with E-state index < -0.39 is 4.92 Å². The standard InChI is InChI=1S/C14H11ClN4O3/c1-18-8-17-11-4-5-16-14(13(11)18)22-7-9-6-10(15)2-3-12(9)19(20)21/h2-6,8H,7H2,1H3. The van der Waals surface area contributed by atoms with Crippen LogP contribution >= 0.6 is 11.6 Å². The summed E-state index contributed by atoms with van der Waals surface area (Å²) in [6, 6.07) is 6.12. The summed E-state index contributed by atoms with van der Waals surface area (Å²) in [5, 5.41) is 11.5. The van der Waals surface area contributed by atoms with Crippen LogP contribution in [0.2, 0.25) is 5.02 Å². The molecular formula is C14H11ClN4O3. The predicted octanol–water partition coefficient (Wildman–Crippen LogP) is 3.11. The van der Waals surface area contributed by atoms with Crippen LogP contribution in [-0.2, 0) is 13.7 Å². The molecule has 0 amide bonds. The first-order chi connectivity index (χ1) is 10.6. The molecule has 0 radical (unpaired) electrons. The van der Waals surface area contributed by atoms with Crippen molar-refractivity contribution in [3.8, 4) is 5.88 Å². The highest BCUT2D eigenvalue weighted by Gasteiger charge is 2.16. The van der Waals surface area contributed by atoms with Gasteiger partial charge in [0.2, 0.25) is 5.88 Å². The molecule has 0 aliphatic carbocycles. The van der Waals surface area contributed by atoms with Gasteiger partial charge in [0, 0.05) is 24.3 Å². The Bertz CT molecular complexity index is 862. The zero-order valence-electron chi connectivity index (χ0n) is 11.6. The number of halogens is 1. The van der Waals surface area contributed by atoms with E-state index in [4.69, 9.17) is 16.3 Å². The molecule has 8 heteroatoms. The van der Waals surface area contributed by atoms with Gasteiger partial charge in [-0.15, -0.1) is 0 Å². The van der Waals surface area contributed by atoms with Crippen LogP contribution in [0.15, 0.2) is 36.8 Å². The molecule has 0 saturated heterocycles. The van der Waals surface area contributed by atoms with Crippen molar-refractivity contribution in [3.63, 3.8) is 0 Å². The Kier molecular flexibility index (Phi) is 3.64. The zero-order chi connectivity index (χ0) is 15.7. The fourth-order valence-corrected chi connectivity index (χ4v) is 2.36. The van der Waals surface area contributed by atoms with Crippen molar-refractivity contribution in [2.45, 2.75) is 6.61 Å². The number of nitrogens with zero attached hydrogens (tertiary/aromatic N) is 4. The molecule has 3 aromatic rings. The monoisotopic (exact) mass is 318 g/mol. The lowest BCUT2D eigenvalue weighted by Gasteiger charge is -2.08. The molecule has 0 unspecified atom stereocenters. The van der Waals surface area contributed by atoms with E-state index in [2.05, 4.69) is 9.97 Å². The fourth-order valence-electron chi connectivity index (χ4n) is 2.17. The van der Waals surface area contributed by atoms with Crippen LogP contribution in [0.1, 0.15) is 5.56 Å². The molecule has 2 aromatic heterocycles. The van der Waals surface area contributed by atoms with Crippen molar-refractivity contribution in [2.24, 2.45) is 7.05 Å². The van der Waals surface area contributed by atoms with Gasteiger partial charge in [-0.3, -0.25) is 10.1 Å². The van der Waals surface area contributed by atoms with Crippen LogP contribution in [0.5, 0.6) is 5.88 Å². The molecule has 2 heterocycles. The number of benzene rings is 1. The predicted molar refractivity (Wildman–Crippen MR) is 80.9 cm³/mol. The summed E-state index contributed by atoms with van der Waals surface area (Å²) in [5.74, 6) is 0.367. The lowest BCUT2D eigenvalue weighted by molar-refractivity contribution is -0.385. The minimum absolute atomic E-state index is 0.00579. The Morgan fingerprint density at radius 3 is 2.95 bits per heavy atom. The van der Waals surface area contributed by atoms with E-state index in [1.54, 1.807) is 23.2 Å². The molecule has 0 aliphatic rings. The van der Waals surface area contributed by atoms with E-state index in [1.807, 2.05) is 7.05 Å². The summed E-state index contributed by atoms with van der Waals surface area (Å²) < 4.78 is 7.44. The number of pyridine rings is 1. The van der Waals surface area contributed by atoms with Crippen LogP contribution in [-0.4, -0.2) is 19.5 Å². The van der Waals surface area contributed by atoms with Crippen LogP contribution in [0.25, 0.3) is 11.0 Å². The Morgan fingerprint density at radius 2 is 2.18 bits per heavy atom. The number of imidazole rings is 1. The van der Waals surface area contributed by atoms with Gasteiger partial charge in [0.05, 0.1) is 22.3 Å². The third-order valence-corrected chi connectivity index (χ3v) is 3.43. The number of rotatable bonds is 4. The van der Waals surface area contributed by atoms with Gasteiger partial charge in [-0.2, -0.15) is 0 Å². The summed E-state index contributed by atoms with van der Waals surface area (Å²) in [5.41, 5.74) is 1.82. The Labute approximate surface area is 130 Å². The molecule has 0 N–H and O–H groups in total. The number of fused-ring (bicyclic) bond motifs is 1. The minimum atomic E-state index is -0.465. The highest BCUT2D eigenvalue weighted by atomic mass is 35.5. The highest BCUT2D eigenvalue weighted by Crippen LogP contribution is 2.26. The Balaban J connectivity index is 1.93. The summed E-state index contributed by atoms with van der Waals surface area (Å²) in [6.45, 7) is -0.00579. The van der Waals surface area contributed by atoms with E-state index in [-0.39, 0.29) is 12.3 Å². The number of aryl methyl sites for hydroxylation is 1. The van der Waals surface area contributed by atoms with Crippen LogP contribution in [0, 0.1) is 10.1 Å². The largest absolute Gasteiger partial charge is 0.471 e. The molecule has 3 rings (SSSR count). The number of nitro benzene ring substituents is 1. The average molecular weight is 319 g/mol. The van der Waals surface area contributed by atoms with Gasteiger partial charge in [0.25, 0.3) is 5.69 Å². The Hall–Kier alpha value is -2.67. The van der Waals surface area contributed by atoms with Crippen molar-refractivity contribution >= 4 is 28.3 Å². The summed E-state index contributed by atoms with van der Waals surface area (Å²) in [4.78, 5) is 19.0. The van der Waals surface area contributed by atoms with Gasteiger partial charge in [-0.25, -0.2) is 9.97 Å². The van der Waals surface area contributed by atoms with Gasteiger partial charge in [-0.1, -0.05) is 11.6 Å². The molecule has 1 aromatic carbocycles. The van der Waals surface area contributed by atoms with Crippen LogP contribution < -0.4 is 4.74 Å². The van der Waals surface area contributed by atoms with Crippen molar-refractivity contribution in [2.75, 3.05) is 0 Å². The van der Waals surface area contributed by atoms with E-state index in [1.165, 1.54) is 18.2 Å². The number of ether oxygens (including phenoxy) is 1. The van der Waals surface area contributed by atoms with Crippen molar-refractivity contribution < 1.29 is 9.66 Å². The third kappa shape index (κ3) is 2.58. The molecular weight excluding hydrogens is 308 g/mol. The molecule has 0 bridgehead atoms. The van der Waals surface area contributed by atoms with Gasteiger partial charge < -0.3 is 9.30 Å². The molecule has 0 aliphatic heterocycles. The van der Waals surface area contributed by atoms with Gasteiger partial charge in [-0.05, 0) is 18.2 Å². The maximum absolute atomic E-state index is 11.0. The van der Waals surface area contributed by atoms with E-state index >= 15 is 0 Å². The number of nitro groups is 1. The smallest absolute Gasteiger partial charge is 0.276 e. The molecule has 7 nitrogen and oxygen atoms in total. The molecule has 0 atom stereocenters. The maximum atomic E-state index is 11.0. The molecule has 0 fully saturated rings. The Morgan fingerprint density at radius 1 is 1.36 bits per heavy atom. The van der Waals surface area contributed by atoms with E-state index in [9.17, 15) is 10.1 Å². The quantitative estimate of drug-likeness (QED) is 0.545.